The van der Waals surface area contributed by atoms with E-state index in [1.54, 1.807) is 13.8 Å². The Bertz CT molecular complexity index is 179. The number of aliphatic carboxylic acids is 2. The van der Waals surface area contributed by atoms with Crippen molar-refractivity contribution < 1.29 is 19.8 Å². The number of carbonyl (C=O) groups is 2. The molecular weight excluding hydrogens is 208 g/mol. The Morgan fingerprint density at radius 2 is 1.12 bits per heavy atom. The third-order valence-corrected chi connectivity index (χ3v) is 2.29. The van der Waals surface area contributed by atoms with Gasteiger partial charge in [-0.3, -0.25) is 9.59 Å². The van der Waals surface area contributed by atoms with E-state index in [0.717, 1.165) is 25.7 Å². The molecule has 0 heterocycles. The quantitative estimate of drug-likeness (QED) is 0.738. The fourth-order valence-electron chi connectivity index (χ4n) is 1.11. The van der Waals surface area contributed by atoms with Crippen LogP contribution in [-0.4, -0.2) is 22.2 Å². The molecule has 4 nitrogen and oxygen atoms in total. The van der Waals surface area contributed by atoms with Crippen LogP contribution < -0.4 is 0 Å². The smallest absolute Gasteiger partial charge is 0.306 e. The minimum absolute atomic E-state index is 0.167. The Morgan fingerprint density at radius 1 is 0.875 bits per heavy atom. The highest BCUT2D eigenvalue weighted by Gasteiger charge is 2.07. The van der Waals surface area contributed by atoms with Gasteiger partial charge in [-0.05, 0) is 12.8 Å². The van der Waals surface area contributed by atoms with Crippen LogP contribution in [0.3, 0.4) is 0 Å². The van der Waals surface area contributed by atoms with E-state index in [1.165, 1.54) is 0 Å². The summed E-state index contributed by atoms with van der Waals surface area (Å²) in [6.07, 6.45) is 3.48. The van der Waals surface area contributed by atoms with Crippen LogP contribution in [0.25, 0.3) is 0 Å². The molecule has 0 aliphatic carbocycles. The van der Waals surface area contributed by atoms with E-state index in [9.17, 15) is 9.59 Å². The summed E-state index contributed by atoms with van der Waals surface area (Å²) >= 11 is 0. The molecule has 0 rings (SSSR count). The highest BCUT2D eigenvalue weighted by molar-refractivity contribution is 5.69. The van der Waals surface area contributed by atoms with Gasteiger partial charge >= 0.3 is 11.9 Å². The van der Waals surface area contributed by atoms with Crippen molar-refractivity contribution in [1.82, 2.24) is 0 Å². The van der Waals surface area contributed by atoms with Crippen molar-refractivity contribution in [2.75, 3.05) is 0 Å². The summed E-state index contributed by atoms with van der Waals surface area (Å²) < 4.78 is 0. The highest BCUT2D eigenvalue weighted by atomic mass is 16.4. The summed E-state index contributed by atoms with van der Waals surface area (Å²) in [6, 6.07) is 0. The van der Waals surface area contributed by atoms with E-state index in [0.29, 0.717) is 0 Å². The molecule has 16 heavy (non-hydrogen) atoms. The predicted molar refractivity (Wildman–Crippen MR) is 63.4 cm³/mol. The predicted octanol–water partition coefficient (Wildman–Crippen LogP) is 3.01. The van der Waals surface area contributed by atoms with Crippen LogP contribution in [0.2, 0.25) is 0 Å². The van der Waals surface area contributed by atoms with Crippen LogP contribution in [-0.2, 0) is 9.59 Å². The first-order valence-corrected chi connectivity index (χ1v) is 5.82. The fourth-order valence-corrected chi connectivity index (χ4v) is 1.11. The van der Waals surface area contributed by atoms with Crippen molar-refractivity contribution in [3.63, 3.8) is 0 Å². The van der Waals surface area contributed by atoms with Crippen LogP contribution in [0.5, 0.6) is 0 Å². The Kier molecular flexibility index (Phi) is 11.3. The van der Waals surface area contributed by atoms with Crippen molar-refractivity contribution in [3.05, 3.63) is 0 Å². The topological polar surface area (TPSA) is 74.6 Å². The Balaban J connectivity index is 0. The van der Waals surface area contributed by atoms with Gasteiger partial charge in [-0.1, -0.05) is 40.5 Å². The Labute approximate surface area is 97.7 Å². The molecule has 0 saturated carbocycles. The molecule has 0 aromatic rings. The summed E-state index contributed by atoms with van der Waals surface area (Å²) in [6.45, 7) is 7.43. The van der Waals surface area contributed by atoms with Crippen molar-refractivity contribution in [3.8, 4) is 0 Å². The second-order valence-electron chi connectivity index (χ2n) is 4.06. The third-order valence-electron chi connectivity index (χ3n) is 2.29. The summed E-state index contributed by atoms with van der Waals surface area (Å²) in [5.41, 5.74) is 0. The first-order valence-electron chi connectivity index (χ1n) is 5.82. The molecule has 0 radical (unpaired) electrons. The molecule has 0 spiro atoms. The van der Waals surface area contributed by atoms with E-state index in [4.69, 9.17) is 10.2 Å². The first kappa shape index (κ1) is 17.3. The lowest BCUT2D eigenvalue weighted by Crippen LogP contribution is -2.08. The van der Waals surface area contributed by atoms with Crippen LogP contribution in [0.15, 0.2) is 0 Å². The molecule has 96 valence electrons. The molecule has 0 fully saturated rings. The monoisotopic (exact) mass is 232 g/mol. The molecule has 4 heteroatoms. The maximum absolute atomic E-state index is 10.1. The molecule has 0 aromatic heterocycles. The standard InChI is InChI=1S/2C6H12O2/c2*1-3-4-5(2)6(7)8/h2*5H,3-4H2,1-2H3,(H,7,8). The zero-order valence-corrected chi connectivity index (χ0v) is 10.7. The summed E-state index contributed by atoms with van der Waals surface area (Å²) in [7, 11) is 0. The lowest BCUT2D eigenvalue weighted by atomic mass is 10.1. The van der Waals surface area contributed by atoms with Crippen molar-refractivity contribution >= 4 is 11.9 Å². The molecule has 2 N–H and O–H groups in total. The minimum Gasteiger partial charge on any atom is -0.481 e. The number of rotatable bonds is 6. The summed E-state index contributed by atoms with van der Waals surface area (Å²) in [4.78, 5) is 20.2. The lowest BCUT2D eigenvalue weighted by molar-refractivity contribution is -0.142. The minimum atomic E-state index is -0.688. The number of hydrogen-bond acceptors (Lipinski definition) is 2. The lowest BCUT2D eigenvalue weighted by Gasteiger charge is -2.00. The van der Waals surface area contributed by atoms with Gasteiger partial charge in [0.2, 0.25) is 0 Å². The van der Waals surface area contributed by atoms with Crippen LogP contribution in [0, 0.1) is 11.8 Å². The zero-order chi connectivity index (χ0) is 13.1. The fraction of sp³-hybridized carbons (Fsp3) is 0.833. The van der Waals surface area contributed by atoms with Gasteiger partial charge in [0, 0.05) is 0 Å². The number of carboxylic acid groups (broad SMARTS) is 2. The average molecular weight is 232 g/mol. The maximum atomic E-state index is 10.1. The third kappa shape index (κ3) is 11.0. The highest BCUT2D eigenvalue weighted by Crippen LogP contribution is 2.03. The van der Waals surface area contributed by atoms with Gasteiger partial charge in [-0.15, -0.1) is 0 Å². The van der Waals surface area contributed by atoms with Gasteiger partial charge in [0.05, 0.1) is 11.8 Å². The first-order chi connectivity index (χ1) is 7.36. The molecule has 2 unspecified atom stereocenters. The molecule has 0 amide bonds. The van der Waals surface area contributed by atoms with Crippen LogP contribution in [0.4, 0.5) is 0 Å². The Morgan fingerprint density at radius 3 is 1.19 bits per heavy atom. The number of carboxylic acids is 2. The molecule has 0 aliphatic rings. The molecular formula is C12H24O4. The van der Waals surface area contributed by atoms with Gasteiger partial charge in [0.15, 0.2) is 0 Å². The average Bonchev–Trinajstić information content (AvgIpc) is 2.19. The van der Waals surface area contributed by atoms with Crippen molar-refractivity contribution in [1.29, 1.82) is 0 Å². The second-order valence-corrected chi connectivity index (χ2v) is 4.06. The summed E-state index contributed by atoms with van der Waals surface area (Å²) in [5.74, 6) is -1.71. The molecule has 0 saturated heterocycles. The SMILES string of the molecule is CCCC(C)C(=O)O.CCCC(C)C(=O)O. The van der Waals surface area contributed by atoms with Gasteiger partial charge in [0.1, 0.15) is 0 Å². The van der Waals surface area contributed by atoms with Gasteiger partial charge < -0.3 is 10.2 Å². The normalized spacial score (nSPS) is 13.2. The largest absolute Gasteiger partial charge is 0.481 e. The van der Waals surface area contributed by atoms with Crippen LogP contribution in [0.1, 0.15) is 53.4 Å². The maximum Gasteiger partial charge on any atom is 0.306 e. The summed E-state index contributed by atoms with van der Waals surface area (Å²) in [5, 5.41) is 16.6. The molecule has 0 aliphatic heterocycles. The van der Waals surface area contributed by atoms with Gasteiger partial charge in [0.25, 0.3) is 0 Å². The van der Waals surface area contributed by atoms with Crippen molar-refractivity contribution in [2.45, 2.75) is 53.4 Å². The number of hydrogen-bond donors (Lipinski definition) is 2. The van der Waals surface area contributed by atoms with E-state index in [1.807, 2.05) is 13.8 Å². The zero-order valence-electron chi connectivity index (χ0n) is 10.7. The molecule has 2 atom stereocenters. The molecule has 0 bridgehead atoms. The van der Waals surface area contributed by atoms with Gasteiger partial charge in [-0.25, -0.2) is 0 Å². The van der Waals surface area contributed by atoms with Gasteiger partial charge in [-0.2, -0.15) is 0 Å². The van der Waals surface area contributed by atoms with Crippen molar-refractivity contribution in [2.24, 2.45) is 11.8 Å². The van der Waals surface area contributed by atoms with Crippen LogP contribution >= 0.6 is 0 Å². The molecule has 0 aromatic carbocycles. The Hall–Kier alpha value is -1.06. The van der Waals surface area contributed by atoms with E-state index in [-0.39, 0.29) is 11.8 Å². The van der Waals surface area contributed by atoms with E-state index >= 15 is 0 Å². The second kappa shape index (κ2) is 10.5. The van der Waals surface area contributed by atoms with E-state index < -0.39 is 11.9 Å². The van der Waals surface area contributed by atoms with E-state index in [2.05, 4.69) is 0 Å².